The van der Waals surface area contributed by atoms with Crippen LogP contribution >= 0.6 is 23.4 Å². The second-order valence-electron chi connectivity index (χ2n) is 7.15. The fourth-order valence-electron chi connectivity index (χ4n) is 3.48. The Bertz CT molecular complexity index is 1040. The molecule has 8 nitrogen and oxygen atoms in total. The van der Waals surface area contributed by atoms with E-state index in [4.69, 9.17) is 26.3 Å². The summed E-state index contributed by atoms with van der Waals surface area (Å²) in [6.45, 7) is 5.00. The molecule has 1 saturated heterocycles. The molecule has 31 heavy (non-hydrogen) atoms. The predicted octanol–water partition coefficient (Wildman–Crippen LogP) is 3.39. The van der Waals surface area contributed by atoms with Crippen molar-refractivity contribution in [2.24, 2.45) is 0 Å². The molecule has 1 N–H and O–H groups in total. The Morgan fingerprint density at radius 2 is 2.00 bits per heavy atom. The first-order valence-corrected chi connectivity index (χ1v) is 11.8. The average molecular weight is 461 g/mol. The molecule has 4 rings (SSSR count). The molecular formula is C21H25ClN6O2S. The molecule has 0 aliphatic carbocycles. The van der Waals surface area contributed by atoms with Crippen LogP contribution in [0.3, 0.4) is 0 Å². The number of nitrogens with one attached hydrogen (secondary N) is 1. The first-order chi connectivity index (χ1) is 15.1. The Kier molecular flexibility index (Phi) is 7.14. The third kappa shape index (κ3) is 5.40. The van der Waals surface area contributed by atoms with E-state index < -0.39 is 0 Å². The third-order valence-corrected chi connectivity index (χ3v) is 5.95. The van der Waals surface area contributed by atoms with Gasteiger partial charge < -0.3 is 15.0 Å². The second-order valence-corrected chi connectivity index (χ2v) is 8.82. The molecule has 0 bridgehead atoms. The summed E-state index contributed by atoms with van der Waals surface area (Å²) < 4.78 is 7.30. The number of carbonyl (C=O) groups is 1. The minimum atomic E-state index is -0.193. The summed E-state index contributed by atoms with van der Waals surface area (Å²) in [6.07, 6.45) is 4.19. The summed E-state index contributed by atoms with van der Waals surface area (Å²) >= 11 is 7.48. The number of amides is 1. The highest BCUT2D eigenvalue weighted by molar-refractivity contribution is 7.99. The standard InChI is InChI=1S/C21H25ClN6O2S/c1-2-31-21-25-19(27-10-3-4-11-27)17-13-24-28(20(17)26-21)12-9-23-18(29)14-30-16-7-5-15(22)6-8-16/h5-8,13H,2-4,9-12,14H2,1H3,(H,23,29). The monoisotopic (exact) mass is 460 g/mol. The van der Waals surface area contributed by atoms with Crippen LogP contribution in [0.2, 0.25) is 5.02 Å². The zero-order valence-electron chi connectivity index (χ0n) is 17.4. The number of anilines is 1. The first kappa shape index (κ1) is 21.7. The number of benzene rings is 1. The minimum Gasteiger partial charge on any atom is -0.484 e. The molecule has 0 spiro atoms. The molecule has 1 amide bonds. The van der Waals surface area contributed by atoms with Crippen molar-refractivity contribution in [3.8, 4) is 5.75 Å². The number of hydrogen-bond donors (Lipinski definition) is 1. The molecule has 3 aromatic rings. The van der Waals surface area contributed by atoms with Gasteiger partial charge in [0.25, 0.3) is 5.91 Å². The maximum Gasteiger partial charge on any atom is 0.258 e. The zero-order chi connectivity index (χ0) is 21.6. The summed E-state index contributed by atoms with van der Waals surface area (Å²) in [6, 6.07) is 6.91. The van der Waals surface area contributed by atoms with Crippen LogP contribution in [0.4, 0.5) is 5.82 Å². The number of nitrogens with zero attached hydrogens (tertiary/aromatic N) is 5. The molecule has 2 aromatic heterocycles. The number of thioether (sulfide) groups is 1. The molecule has 0 unspecified atom stereocenters. The van der Waals surface area contributed by atoms with Gasteiger partial charge in [0.2, 0.25) is 0 Å². The Hall–Kier alpha value is -2.52. The molecule has 1 aliphatic heterocycles. The van der Waals surface area contributed by atoms with Crippen LogP contribution < -0.4 is 15.0 Å². The van der Waals surface area contributed by atoms with Gasteiger partial charge in [-0.05, 0) is 42.9 Å². The van der Waals surface area contributed by atoms with Crippen LogP contribution in [0.5, 0.6) is 5.75 Å². The Labute approximate surface area is 190 Å². The van der Waals surface area contributed by atoms with E-state index in [1.807, 2.05) is 10.9 Å². The lowest BCUT2D eigenvalue weighted by Gasteiger charge is -2.17. The van der Waals surface area contributed by atoms with Crippen LogP contribution in [0.15, 0.2) is 35.6 Å². The highest BCUT2D eigenvalue weighted by atomic mass is 35.5. The number of aromatic nitrogens is 4. The molecule has 164 valence electrons. The van der Waals surface area contributed by atoms with Crippen molar-refractivity contribution in [2.75, 3.05) is 36.9 Å². The van der Waals surface area contributed by atoms with Crippen molar-refractivity contribution in [3.63, 3.8) is 0 Å². The van der Waals surface area contributed by atoms with Crippen molar-refractivity contribution < 1.29 is 9.53 Å². The second kappa shape index (κ2) is 10.2. The van der Waals surface area contributed by atoms with E-state index in [2.05, 4.69) is 22.2 Å². The molecule has 0 saturated carbocycles. The van der Waals surface area contributed by atoms with Crippen LogP contribution in [-0.2, 0) is 11.3 Å². The maximum atomic E-state index is 12.1. The Balaban J connectivity index is 1.38. The van der Waals surface area contributed by atoms with Crippen molar-refractivity contribution in [1.29, 1.82) is 0 Å². The minimum absolute atomic E-state index is 0.0555. The van der Waals surface area contributed by atoms with Crippen LogP contribution in [-0.4, -0.2) is 57.6 Å². The molecule has 3 heterocycles. The van der Waals surface area contributed by atoms with Gasteiger partial charge in [0.05, 0.1) is 18.1 Å². The molecule has 1 aliphatic rings. The lowest BCUT2D eigenvalue weighted by molar-refractivity contribution is -0.123. The SMILES string of the molecule is CCSc1nc(N2CCCC2)c2cnn(CCNC(=O)COc3ccc(Cl)cc3)c2n1. The quantitative estimate of drug-likeness (QED) is 0.387. The number of ether oxygens (including phenoxy) is 1. The summed E-state index contributed by atoms with van der Waals surface area (Å²) in [5.41, 5.74) is 0.805. The number of hydrogen-bond acceptors (Lipinski definition) is 7. The van der Waals surface area contributed by atoms with E-state index in [1.54, 1.807) is 36.0 Å². The summed E-state index contributed by atoms with van der Waals surface area (Å²) in [5, 5.41) is 9.72. The first-order valence-electron chi connectivity index (χ1n) is 10.4. The summed E-state index contributed by atoms with van der Waals surface area (Å²) in [5.74, 6) is 2.28. The van der Waals surface area contributed by atoms with Gasteiger partial charge in [-0.3, -0.25) is 4.79 Å². The highest BCUT2D eigenvalue weighted by Crippen LogP contribution is 2.29. The van der Waals surface area contributed by atoms with Crippen LogP contribution in [0, 0.1) is 0 Å². The fraction of sp³-hybridized carbons (Fsp3) is 0.429. The highest BCUT2D eigenvalue weighted by Gasteiger charge is 2.20. The van der Waals surface area contributed by atoms with E-state index in [1.165, 1.54) is 12.8 Å². The van der Waals surface area contributed by atoms with Gasteiger partial charge in [-0.25, -0.2) is 14.6 Å². The summed E-state index contributed by atoms with van der Waals surface area (Å²) in [7, 11) is 0. The third-order valence-electron chi connectivity index (χ3n) is 4.96. The fourth-order valence-corrected chi connectivity index (χ4v) is 4.17. The lowest BCUT2D eigenvalue weighted by atomic mass is 10.3. The van der Waals surface area contributed by atoms with Crippen LogP contribution in [0.1, 0.15) is 19.8 Å². The number of fused-ring (bicyclic) bond motifs is 1. The van der Waals surface area contributed by atoms with Gasteiger partial charge in [-0.1, -0.05) is 30.3 Å². The van der Waals surface area contributed by atoms with Gasteiger partial charge >= 0.3 is 0 Å². The van der Waals surface area contributed by atoms with Gasteiger partial charge in [0, 0.05) is 24.7 Å². The molecule has 0 atom stereocenters. The normalized spacial score (nSPS) is 13.7. The maximum absolute atomic E-state index is 12.1. The number of halogens is 1. The Morgan fingerprint density at radius 1 is 1.23 bits per heavy atom. The van der Waals surface area contributed by atoms with Gasteiger partial charge in [0.15, 0.2) is 17.4 Å². The van der Waals surface area contributed by atoms with Gasteiger partial charge in [-0.2, -0.15) is 5.10 Å². The largest absolute Gasteiger partial charge is 0.484 e. The summed E-state index contributed by atoms with van der Waals surface area (Å²) in [4.78, 5) is 23.9. The van der Waals surface area contributed by atoms with Crippen LogP contribution in [0.25, 0.3) is 11.0 Å². The van der Waals surface area contributed by atoms with E-state index in [0.29, 0.717) is 23.9 Å². The molecule has 1 aromatic carbocycles. The number of rotatable bonds is 9. The van der Waals surface area contributed by atoms with E-state index in [9.17, 15) is 4.79 Å². The molecule has 1 fully saturated rings. The lowest BCUT2D eigenvalue weighted by Crippen LogP contribution is -2.31. The number of carbonyl (C=O) groups excluding carboxylic acids is 1. The van der Waals surface area contributed by atoms with Crippen molar-refractivity contribution in [3.05, 3.63) is 35.5 Å². The molecule has 10 heteroatoms. The molecular weight excluding hydrogens is 436 g/mol. The Morgan fingerprint density at radius 3 is 2.74 bits per heavy atom. The zero-order valence-corrected chi connectivity index (χ0v) is 19.0. The van der Waals surface area contributed by atoms with Gasteiger partial charge in [-0.15, -0.1) is 0 Å². The van der Waals surface area contributed by atoms with Crippen molar-refractivity contribution in [2.45, 2.75) is 31.5 Å². The predicted molar refractivity (Wildman–Crippen MR) is 123 cm³/mol. The topological polar surface area (TPSA) is 85.2 Å². The smallest absolute Gasteiger partial charge is 0.258 e. The molecule has 0 radical (unpaired) electrons. The van der Waals surface area contributed by atoms with Crippen molar-refractivity contribution >= 4 is 46.1 Å². The van der Waals surface area contributed by atoms with Gasteiger partial charge in [0.1, 0.15) is 11.6 Å². The average Bonchev–Trinajstić information content (AvgIpc) is 3.44. The van der Waals surface area contributed by atoms with E-state index in [-0.39, 0.29) is 12.5 Å². The van der Waals surface area contributed by atoms with E-state index in [0.717, 1.165) is 40.9 Å². The van der Waals surface area contributed by atoms with E-state index >= 15 is 0 Å². The van der Waals surface area contributed by atoms with Crippen molar-refractivity contribution in [1.82, 2.24) is 25.1 Å².